The normalized spacial score (nSPS) is 16.0. The van der Waals surface area contributed by atoms with Gasteiger partial charge in [-0.3, -0.25) is 0 Å². The minimum absolute atomic E-state index is 1.06. The molecule has 0 fully saturated rings. The highest BCUT2D eigenvalue weighted by molar-refractivity contribution is 5.81. The second-order valence-electron chi connectivity index (χ2n) is 3.69. The summed E-state index contributed by atoms with van der Waals surface area (Å²) >= 11 is 0. The Bertz CT molecular complexity index is 442. The third kappa shape index (κ3) is 0.981. The summed E-state index contributed by atoms with van der Waals surface area (Å²) in [4.78, 5) is 7.74. The summed E-state index contributed by atoms with van der Waals surface area (Å²) in [7, 11) is 0. The van der Waals surface area contributed by atoms with Gasteiger partial charge in [0.2, 0.25) is 0 Å². The zero-order valence-corrected chi connectivity index (χ0v) is 7.51. The quantitative estimate of drug-likeness (QED) is 0.649. The van der Waals surface area contributed by atoms with Gasteiger partial charge in [0.15, 0.2) is 0 Å². The first kappa shape index (κ1) is 7.13. The van der Waals surface area contributed by atoms with Crippen LogP contribution in [-0.2, 0) is 12.8 Å². The molecule has 13 heavy (non-hydrogen) atoms. The molecule has 2 aromatic rings. The van der Waals surface area contributed by atoms with Crippen molar-refractivity contribution >= 4 is 11.0 Å². The van der Waals surface area contributed by atoms with Crippen molar-refractivity contribution in [2.24, 2.45) is 0 Å². The first-order valence-corrected chi connectivity index (χ1v) is 4.89. The van der Waals surface area contributed by atoms with E-state index in [2.05, 4.69) is 16.0 Å². The predicted molar refractivity (Wildman–Crippen MR) is 52.7 cm³/mol. The maximum atomic E-state index is 4.33. The molecular formula is C11H12N2. The number of nitrogens with zero attached hydrogens (tertiary/aromatic N) is 1. The Labute approximate surface area is 77.0 Å². The lowest BCUT2D eigenvalue weighted by atomic mass is 9.96. The average Bonchev–Trinajstić information content (AvgIpc) is 2.56. The van der Waals surface area contributed by atoms with E-state index in [0.717, 1.165) is 5.65 Å². The van der Waals surface area contributed by atoms with E-state index in [1.807, 2.05) is 12.3 Å². The minimum Gasteiger partial charge on any atom is -0.343 e. The Kier molecular flexibility index (Phi) is 1.42. The van der Waals surface area contributed by atoms with Gasteiger partial charge in [0.1, 0.15) is 5.65 Å². The van der Waals surface area contributed by atoms with E-state index < -0.39 is 0 Å². The third-order valence-corrected chi connectivity index (χ3v) is 2.87. The maximum Gasteiger partial charge on any atom is 0.137 e. The summed E-state index contributed by atoms with van der Waals surface area (Å²) in [6.45, 7) is 0. The number of hydrogen-bond acceptors (Lipinski definition) is 1. The molecule has 0 saturated heterocycles. The van der Waals surface area contributed by atoms with Crippen LogP contribution < -0.4 is 0 Å². The van der Waals surface area contributed by atoms with Gasteiger partial charge in [-0.25, -0.2) is 4.98 Å². The number of fused-ring (bicyclic) bond motifs is 3. The van der Waals surface area contributed by atoms with Gasteiger partial charge < -0.3 is 4.98 Å². The van der Waals surface area contributed by atoms with E-state index in [4.69, 9.17) is 0 Å². The van der Waals surface area contributed by atoms with Crippen molar-refractivity contribution < 1.29 is 0 Å². The zero-order chi connectivity index (χ0) is 8.67. The first-order valence-electron chi connectivity index (χ1n) is 4.89. The smallest absolute Gasteiger partial charge is 0.137 e. The van der Waals surface area contributed by atoms with Crippen LogP contribution in [0.25, 0.3) is 11.0 Å². The summed E-state index contributed by atoms with van der Waals surface area (Å²) in [6.07, 6.45) is 6.92. The van der Waals surface area contributed by atoms with Crippen LogP contribution in [0.3, 0.4) is 0 Å². The lowest BCUT2D eigenvalue weighted by molar-refractivity contribution is 0.680. The van der Waals surface area contributed by atoms with Crippen LogP contribution in [0.15, 0.2) is 18.3 Å². The monoisotopic (exact) mass is 172 g/mol. The number of aromatic nitrogens is 2. The number of pyridine rings is 1. The molecule has 0 unspecified atom stereocenters. The Hall–Kier alpha value is -1.31. The molecule has 66 valence electrons. The number of aromatic amines is 1. The van der Waals surface area contributed by atoms with Gasteiger partial charge in [-0.2, -0.15) is 0 Å². The van der Waals surface area contributed by atoms with Crippen molar-refractivity contribution in [2.45, 2.75) is 25.7 Å². The Morgan fingerprint density at radius 3 is 3.15 bits per heavy atom. The molecule has 2 heterocycles. The molecular weight excluding hydrogens is 160 g/mol. The highest BCUT2D eigenvalue weighted by Crippen LogP contribution is 2.27. The van der Waals surface area contributed by atoms with Crippen molar-refractivity contribution in [3.8, 4) is 0 Å². The minimum atomic E-state index is 1.06. The summed E-state index contributed by atoms with van der Waals surface area (Å²) in [5.74, 6) is 0. The maximum absolute atomic E-state index is 4.33. The number of rotatable bonds is 0. The van der Waals surface area contributed by atoms with E-state index in [1.54, 1.807) is 0 Å². The molecule has 0 aromatic carbocycles. The summed E-state index contributed by atoms with van der Waals surface area (Å²) in [5.41, 5.74) is 3.99. The van der Waals surface area contributed by atoms with Gasteiger partial charge in [0.05, 0.1) is 0 Å². The lowest BCUT2D eigenvalue weighted by Gasteiger charge is -2.09. The number of hydrogen-bond donors (Lipinski definition) is 1. The molecule has 2 aromatic heterocycles. The predicted octanol–water partition coefficient (Wildman–Crippen LogP) is 2.44. The molecule has 0 aliphatic heterocycles. The van der Waals surface area contributed by atoms with Gasteiger partial charge in [0, 0.05) is 17.3 Å². The van der Waals surface area contributed by atoms with Crippen LogP contribution in [0.1, 0.15) is 24.1 Å². The third-order valence-electron chi connectivity index (χ3n) is 2.87. The van der Waals surface area contributed by atoms with Crippen LogP contribution >= 0.6 is 0 Å². The molecule has 1 aliphatic rings. The Balaban J connectivity index is 2.34. The van der Waals surface area contributed by atoms with Gasteiger partial charge in [-0.1, -0.05) is 0 Å². The van der Waals surface area contributed by atoms with Crippen LogP contribution in [0, 0.1) is 0 Å². The van der Waals surface area contributed by atoms with Crippen LogP contribution in [-0.4, -0.2) is 9.97 Å². The van der Waals surface area contributed by atoms with Crippen LogP contribution in [0.2, 0.25) is 0 Å². The SMILES string of the molecule is c1cnc2[nH]c3c(c2c1)CCCC3. The fourth-order valence-corrected chi connectivity index (χ4v) is 2.23. The van der Waals surface area contributed by atoms with E-state index >= 15 is 0 Å². The van der Waals surface area contributed by atoms with Gasteiger partial charge in [0.25, 0.3) is 0 Å². The van der Waals surface area contributed by atoms with Crippen molar-refractivity contribution in [3.63, 3.8) is 0 Å². The lowest BCUT2D eigenvalue weighted by Crippen LogP contribution is -1.99. The fraction of sp³-hybridized carbons (Fsp3) is 0.364. The zero-order valence-electron chi connectivity index (χ0n) is 7.51. The molecule has 1 aliphatic carbocycles. The second-order valence-corrected chi connectivity index (χ2v) is 3.69. The fourth-order valence-electron chi connectivity index (χ4n) is 2.23. The topological polar surface area (TPSA) is 28.7 Å². The Morgan fingerprint density at radius 2 is 2.15 bits per heavy atom. The molecule has 0 saturated carbocycles. The van der Waals surface area contributed by atoms with Gasteiger partial charge in [-0.15, -0.1) is 0 Å². The number of aryl methyl sites for hydroxylation is 2. The highest BCUT2D eigenvalue weighted by atomic mass is 14.9. The van der Waals surface area contributed by atoms with Gasteiger partial charge >= 0.3 is 0 Å². The standard InChI is InChI=1S/C11H12N2/c1-2-6-10-8(4-1)9-5-3-7-12-11(9)13-10/h3,5,7H,1-2,4,6H2,(H,12,13). The van der Waals surface area contributed by atoms with Crippen LogP contribution in [0.4, 0.5) is 0 Å². The summed E-state index contributed by atoms with van der Waals surface area (Å²) < 4.78 is 0. The molecule has 0 radical (unpaired) electrons. The Morgan fingerprint density at radius 1 is 1.23 bits per heavy atom. The first-order chi connectivity index (χ1) is 6.45. The molecule has 2 heteroatoms. The molecule has 0 bridgehead atoms. The molecule has 1 N–H and O–H groups in total. The molecule has 0 amide bonds. The molecule has 3 rings (SSSR count). The van der Waals surface area contributed by atoms with Gasteiger partial charge in [-0.05, 0) is 43.4 Å². The largest absolute Gasteiger partial charge is 0.343 e. The van der Waals surface area contributed by atoms with E-state index in [-0.39, 0.29) is 0 Å². The molecule has 0 spiro atoms. The number of H-pyrrole nitrogens is 1. The molecule has 2 nitrogen and oxygen atoms in total. The summed E-state index contributed by atoms with van der Waals surface area (Å²) in [6, 6.07) is 4.19. The van der Waals surface area contributed by atoms with Crippen molar-refractivity contribution in [1.82, 2.24) is 9.97 Å². The van der Waals surface area contributed by atoms with Crippen molar-refractivity contribution in [3.05, 3.63) is 29.6 Å². The van der Waals surface area contributed by atoms with Crippen LogP contribution in [0.5, 0.6) is 0 Å². The van der Waals surface area contributed by atoms with Crippen molar-refractivity contribution in [1.29, 1.82) is 0 Å². The second kappa shape index (κ2) is 2.59. The van der Waals surface area contributed by atoms with E-state index in [1.165, 1.54) is 42.3 Å². The summed E-state index contributed by atoms with van der Waals surface area (Å²) in [5, 5.41) is 1.33. The molecule has 0 atom stereocenters. The van der Waals surface area contributed by atoms with E-state index in [0.29, 0.717) is 0 Å². The van der Waals surface area contributed by atoms with E-state index in [9.17, 15) is 0 Å². The van der Waals surface area contributed by atoms with Crippen molar-refractivity contribution in [2.75, 3.05) is 0 Å². The average molecular weight is 172 g/mol. The number of nitrogens with one attached hydrogen (secondary N) is 1. The highest BCUT2D eigenvalue weighted by Gasteiger charge is 2.14.